The predicted molar refractivity (Wildman–Crippen MR) is 85.1 cm³/mol. The second-order valence-corrected chi connectivity index (χ2v) is 7.29. The Morgan fingerprint density at radius 2 is 1.83 bits per heavy atom. The van der Waals surface area contributed by atoms with Gasteiger partial charge in [-0.2, -0.15) is 0 Å². The molecule has 0 fully saturated rings. The van der Waals surface area contributed by atoms with Crippen molar-refractivity contribution < 1.29 is 17.6 Å². The standard InChI is InChI=1S/C16H15FN2O3S/c1-18(2)16(20)10-19-14-8-7-11(17)9-13(14)12-5-3-4-6-15(12)23(19,21)22/h3-9H,10H2,1-2H3. The van der Waals surface area contributed by atoms with Crippen LogP contribution < -0.4 is 4.31 Å². The van der Waals surface area contributed by atoms with Crippen molar-refractivity contribution in [2.45, 2.75) is 4.90 Å². The van der Waals surface area contributed by atoms with E-state index in [1.165, 1.54) is 29.2 Å². The summed E-state index contributed by atoms with van der Waals surface area (Å²) < 4.78 is 40.4. The van der Waals surface area contributed by atoms with Crippen LogP contribution in [0.15, 0.2) is 47.4 Å². The summed E-state index contributed by atoms with van der Waals surface area (Å²) in [5.41, 5.74) is 1.21. The van der Waals surface area contributed by atoms with Crippen molar-refractivity contribution in [1.29, 1.82) is 0 Å². The highest BCUT2D eigenvalue weighted by Gasteiger charge is 2.36. The number of anilines is 1. The summed E-state index contributed by atoms with van der Waals surface area (Å²) >= 11 is 0. The maximum atomic E-state index is 13.7. The first-order chi connectivity index (χ1) is 10.8. The van der Waals surface area contributed by atoms with Gasteiger partial charge in [-0.3, -0.25) is 9.10 Å². The van der Waals surface area contributed by atoms with E-state index in [1.807, 2.05) is 0 Å². The van der Waals surface area contributed by atoms with E-state index in [0.29, 0.717) is 16.8 Å². The van der Waals surface area contributed by atoms with E-state index < -0.39 is 15.8 Å². The Morgan fingerprint density at radius 3 is 2.52 bits per heavy atom. The highest BCUT2D eigenvalue weighted by atomic mass is 32.2. The minimum absolute atomic E-state index is 0.0738. The molecule has 1 aliphatic rings. The molecule has 0 N–H and O–H groups in total. The first-order valence-corrected chi connectivity index (χ1v) is 8.38. The summed E-state index contributed by atoms with van der Waals surface area (Å²) in [4.78, 5) is 13.4. The molecule has 23 heavy (non-hydrogen) atoms. The molecule has 0 spiro atoms. The molecule has 0 atom stereocenters. The summed E-state index contributed by atoms with van der Waals surface area (Å²) in [6, 6.07) is 10.3. The Morgan fingerprint density at radius 1 is 1.13 bits per heavy atom. The van der Waals surface area contributed by atoms with Crippen molar-refractivity contribution >= 4 is 21.6 Å². The fraction of sp³-hybridized carbons (Fsp3) is 0.188. The number of benzene rings is 2. The molecular formula is C16H15FN2O3S. The minimum atomic E-state index is -3.87. The molecule has 5 nitrogen and oxygen atoms in total. The van der Waals surface area contributed by atoms with E-state index in [2.05, 4.69) is 0 Å². The second kappa shape index (κ2) is 5.34. The van der Waals surface area contributed by atoms with Gasteiger partial charge in [0.2, 0.25) is 5.91 Å². The maximum Gasteiger partial charge on any atom is 0.265 e. The normalized spacial score (nSPS) is 14.8. The van der Waals surface area contributed by atoms with Crippen LogP contribution in [0.3, 0.4) is 0 Å². The number of hydrogen-bond donors (Lipinski definition) is 0. The number of sulfonamides is 1. The van der Waals surface area contributed by atoms with Gasteiger partial charge in [-0.05, 0) is 24.3 Å². The van der Waals surface area contributed by atoms with Gasteiger partial charge in [0, 0.05) is 25.2 Å². The molecule has 0 aromatic heterocycles. The van der Waals surface area contributed by atoms with Crippen LogP contribution in [-0.2, 0) is 14.8 Å². The summed E-state index contributed by atoms with van der Waals surface area (Å²) in [5, 5.41) is 0. The molecule has 0 saturated heterocycles. The second-order valence-electron chi connectivity index (χ2n) is 5.46. The van der Waals surface area contributed by atoms with Gasteiger partial charge >= 0.3 is 0 Å². The van der Waals surface area contributed by atoms with E-state index in [0.717, 1.165) is 4.31 Å². The van der Waals surface area contributed by atoms with E-state index in [1.54, 1.807) is 32.3 Å². The molecule has 1 aliphatic heterocycles. The van der Waals surface area contributed by atoms with Crippen molar-refractivity contribution in [3.63, 3.8) is 0 Å². The van der Waals surface area contributed by atoms with Crippen LogP contribution in [0.1, 0.15) is 0 Å². The molecule has 0 saturated carbocycles. The van der Waals surface area contributed by atoms with Gasteiger partial charge in [0.05, 0.1) is 10.6 Å². The monoisotopic (exact) mass is 334 g/mol. The quantitative estimate of drug-likeness (QED) is 0.845. The Hall–Kier alpha value is -2.41. The molecule has 0 radical (unpaired) electrons. The lowest BCUT2D eigenvalue weighted by molar-refractivity contribution is -0.127. The first kappa shape index (κ1) is 15.5. The van der Waals surface area contributed by atoms with E-state index >= 15 is 0 Å². The van der Waals surface area contributed by atoms with Gasteiger partial charge in [-0.1, -0.05) is 18.2 Å². The first-order valence-electron chi connectivity index (χ1n) is 6.94. The van der Waals surface area contributed by atoms with Crippen LogP contribution in [0, 0.1) is 5.82 Å². The zero-order valence-corrected chi connectivity index (χ0v) is 13.5. The Kier molecular flexibility index (Phi) is 3.60. The fourth-order valence-electron chi connectivity index (χ4n) is 2.54. The third-order valence-corrected chi connectivity index (χ3v) is 5.57. The smallest absolute Gasteiger partial charge is 0.265 e. The zero-order valence-electron chi connectivity index (χ0n) is 12.7. The highest BCUT2D eigenvalue weighted by molar-refractivity contribution is 7.93. The molecule has 2 aromatic rings. The van der Waals surface area contributed by atoms with Crippen LogP contribution in [0.4, 0.5) is 10.1 Å². The van der Waals surface area contributed by atoms with Gasteiger partial charge in [0.25, 0.3) is 10.0 Å². The van der Waals surface area contributed by atoms with Gasteiger partial charge in [0.15, 0.2) is 0 Å². The molecule has 2 aromatic carbocycles. The molecule has 0 bridgehead atoms. The topological polar surface area (TPSA) is 57.7 Å². The predicted octanol–water partition coefficient (Wildman–Crippen LogP) is 2.09. The molecule has 1 heterocycles. The number of fused-ring (bicyclic) bond motifs is 3. The van der Waals surface area contributed by atoms with Gasteiger partial charge in [0.1, 0.15) is 12.4 Å². The van der Waals surface area contributed by atoms with Crippen LogP contribution in [0.25, 0.3) is 11.1 Å². The Bertz CT molecular complexity index is 894. The zero-order chi connectivity index (χ0) is 16.8. The molecule has 120 valence electrons. The Balaban J connectivity index is 2.25. The van der Waals surface area contributed by atoms with Crippen LogP contribution >= 0.6 is 0 Å². The van der Waals surface area contributed by atoms with Crippen LogP contribution in [0.2, 0.25) is 0 Å². The average molecular weight is 334 g/mol. The number of halogens is 1. The average Bonchev–Trinajstić information content (AvgIpc) is 2.51. The largest absolute Gasteiger partial charge is 0.347 e. The highest BCUT2D eigenvalue weighted by Crippen LogP contribution is 2.42. The lowest BCUT2D eigenvalue weighted by Gasteiger charge is -2.32. The van der Waals surface area contributed by atoms with Crippen molar-refractivity contribution in [2.24, 2.45) is 0 Å². The van der Waals surface area contributed by atoms with Gasteiger partial charge < -0.3 is 4.90 Å². The number of carbonyl (C=O) groups excluding carboxylic acids is 1. The lowest BCUT2D eigenvalue weighted by atomic mass is 10.0. The molecular weight excluding hydrogens is 319 g/mol. The van der Waals surface area contributed by atoms with Gasteiger partial charge in [-0.15, -0.1) is 0 Å². The number of nitrogens with zero attached hydrogens (tertiary/aromatic N) is 2. The lowest BCUT2D eigenvalue weighted by Crippen LogP contribution is -2.42. The van der Waals surface area contributed by atoms with E-state index in [4.69, 9.17) is 0 Å². The summed E-state index contributed by atoms with van der Waals surface area (Å²) in [6.07, 6.45) is 0. The maximum absolute atomic E-state index is 13.7. The van der Waals surface area contributed by atoms with E-state index in [9.17, 15) is 17.6 Å². The van der Waals surface area contributed by atoms with Crippen molar-refractivity contribution in [1.82, 2.24) is 4.90 Å². The molecule has 1 amide bonds. The number of carbonyl (C=O) groups is 1. The number of amides is 1. The third-order valence-electron chi connectivity index (χ3n) is 3.75. The molecule has 7 heteroatoms. The summed E-state index contributed by atoms with van der Waals surface area (Å²) in [5.74, 6) is -0.819. The van der Waals surface area contributed by atoms with Crippen molar-refractivity contribution in [3.8, 4) is 11.1 Å². The summed E-state index contributed by atoms with van der Waals surface area (Å²) in [7, 11) is -0.766. The van der Waals surface area contributed by atoms with Crippen molar-refractivity contribution in [3.05, 3.63) is 48.3 Å². The SMILES string of the molecule is CN(C)C(=O)CN1c2ccc(F)cc2-c2ccccc2S1(=O)=O. The molecule has 0 unspecified atom stereocenters. The molecule has 3 rings (SSSR count). The fourth-order valence-corrected chi connectivity index (χ4v) is 4.18. The number of likely N-dealkylation sites (N-methyl/N-ethyl adjacent to an activating group) is 1. The summed E-state index contributed by atoms with van der Waals surface area (Å²) in [6.45, 7) is -0.331. The van der Waals surface area contributed by atoms with Crippen LogP contribution in [-0.4, -0.2) is 39.9 Å². The number of hydrogen-bond acceptors (Lipinski definition) is 3. The van der Waals surface area contributed by atoms with Crippen molar-refractivity contribution in [2.75, 3.05) is 24.9 Å². The van der Waals surface area contributed by atoms with Gasteiger partial charge in [-0.25, -0.2) is 12.8 Å². The third kappa shape index (κ3) is 2.46. The number of rotatable bonds is 2. The van der Waals surface area contributed by atoms with Crippen LogP contribution in [0.5, 0.6) is 0 Å². The van der Waals surface area contributed by atoms with E-state index in [-0.39, 0.29) is 17.3 Å². The Labute approximate surface area is 134 Å². The minimum Gasteiger partial charge on any atom is -0.347 e. The molecule has 0 aliphatic carbocycles.